The Morgan fingerprint density at radius 2 is 1.29 bits per heavy atom. The minimum absolute atomic E-state index is 0.0303. The quantitative estimate of drug-likeness (QED) is 0.724. The van der Waals surface area contributed by atoms with Gasteiger partial charge in [-0.25, -0.2) is 0 Å². The summed E-state index contributed by atoms with van der Waals surface area (Å²) >= 11 is 0. The van der Waals surface area contributed by atoms with Crippen molar-refractivity contribution < 1.29 is 0 Å². The van der Waals surface area contributed by atoms with E-state index in [1.54, 1.807) is 0 Å². The molecule has 0 aliphatic rings. The van der Waals surface area contributed by atoms with Gasteiger partial charge in [-0.3, -0.25) is 5.32 Å². The molecule has 0 spiro atoms. The van der Waals surface area contributed by atoms with Gasteiger partial charge in [0.15, 0.2) is 0 Å². The number of rotatable bonds is 5. The summed E-state index contributed by atoms with van der Waals surface area (Å²) in [6, 6.07) is 30.5. The minimum atomic E-state index is -0.365. The molecule has 3 rings (SSSR count). The highest BCUT2D eigenvalue weighted by molar-refractivity contribution is 5.38. The summed E-state index contributed by atoms with van der Waals surface area (Å²) in [5.41, 5.74) is 4.54. The van der Waals surface area contributed by atoms with Crippen LogP contribution in [0.25, 0.3) is 0 Å². The van der Waals surface area contributed by atoms with Crippen molar-refractivity contribution in [2.75, 3.05) is 0 Å². The Morgan fingerprint density at radius 1 is 0.750 bits per heavy atom. The first-order chi connectivity index (χ1) is 11.8. The Morgan fingerprint density at radius 3 is 1.88 bits per heavy atom. The van der Waals surface area contributed by atoms with Crippen LogP contribution in [0.4, 0.5) is 0 Å². The smallest absolute Gasteiger partial charge is 0.122 e. The van der Waals surface area contributed by atoms with Crippen LogP contribution in [0.3, 0.4) is 0 Å². The Balaban J connectivity index is 2.00. The van der Waals surface area contributed by atoms with Crippen LogP contribution in [-0.4, -0.2) is 0 Å². The lowest BCUT2D eigenvalue weighted by atomic mass is 9.93. The Kier molecular flexibility index (Phi) is 5.05. The summed E-state index contributed by atoms with van der Waals surface area (Å²) in [4.78, 5) is 0. The molecule has 2 heteroatoms. The van der Waals surface area contributed by atoms with E-state index in [1.807, 2.05) is 60.7 Å². The average Bonchev–Trinajstić information content (AvgIpc) is 2.65. The summed E-state index contributed by atoms with van der Waals surface area (Å²) in [7, 11) is 0. The third-order valence-electron chi connectivity index (χ3n) is 4.23. The maximum absolute atomic E-state index is 9.68. The monoisotopic (exact) mass is 312 g/mol. The van der Waals surface area contributed by atoms with Crippen LogP contribution < -0.4 is 5.32 Å². The second-order valence-electron chi connectivity index (χ2n) is 5.84. The first kappa shape index (κ1) is 16.0. The number of hydrogen-bond donors (Lipinski definition) is 1. The molecule has 0 fully saturated rings. The van der Waals surface area contributed by atoms with Crippen LogP contribution in [-0.2, 0) is 0 Å². The summed E-state index contributed by atoms with van der Waals surface area (Å²) in [5.74, 6) is 0. The normalized spacial score (nSPS) is 13.0. The third-order valence-corrected chi connectivity index (χ3v) is 4.23. The van der Waals surface area contributed by atoms with Gasteiger partial charge in [-0.05, 0) is 29.2 Å². The van der Waals surface area contributed by atoms with E-state index in [0.29, 0.717) is 0 Å². The van der Waals surface area contributed by atoms with Crippen molar-refractivity contribution in [2.24, 2.45) is 0 Å². The zero-order valence-electron chi connectivity index (χ0n) is 13.7. The standard InChI is InChI=1S/C22H20N2/c1-17-10-8-9-15-20(17)22(19-13-6-3-7-14-19)24-21(16-23)18-11-4-2-5-12-18/h2-15,21-22,24H,1H3. The Bertz CT molecular complexity index is 819. The lowest BCUT2D eigenvalue weighted by molar-refractivity contribution is 0.557. The highest BCUT2D eigenvalue weighted by Gasteiger charge is 2.20. The van der Waals surface area contributed by atoms with Crippen molar-refractivity contribution in [1.82, 2.24) is 5.32 Å². The fraction of sp³-hybridized carbons (Fsp3) is 0.136. The molecular weight excluding hydrogens is 292 g/mol. The molecule has 24 heavy (non-hydrogen) atoms. The molecule has 1 N–H and O–H groups in total. The number of aryl methyl sites for hydroxylation is 1. The van der Waals surface area contributed by atoms with Gasteiger partial charge in [-0.2, -0.15) is 5.26 Å². The molecule has 0 amide bonds. The van der Waals surface area contributed by atoms with Crippen molar-refractivity contribution in [3.05, 3.63) is 107 Å². The van der Waals surface area contributed by atoms with Gasteiger partial charge >= 0.3 is 0 Å². The molecule has 0 radical (unpaired) electrons. The van der Waals surface area contributed by atoms with Crippen LogP contribution in [0.15, 0.2) is 84.9 Å². The molecule has 2 unspecified atom stereocenters. The van der Waals surface area contributed by atoms with Crippen molar-refractivity contribution in [3.63, 3.8) is 0 Å². The van der Waals surface area contributed by atoms with Gasteiger partial charge < -0.3 is 0 Å². The minimum Gasteiger partial charge on any atom is -0.287 e. The van der Waals surface area contributed by atoms with Gasteiger partial charge in [0, 0.05) is 0 Å². The molecule has 3 aromatic rings. The Labute approximate surface area is 143 Å². The van der Waals surface area contributed by atoms with Crippen LogP contribution in [0.2, 0.25) is 0 Å². The fourth-order valence-corrected chi connectivity index (χ4v) is 2.94. The lowest BCUT2D eigenvalue weighted by Crippen LogP contribution is -2.27. The van der Waals surface area contributed by atoms with Crippen molar-refractivity contribution in [2.45, 2.75) is 19.0 Å². The first-order valence-electron chi connectivity index (χ1n) is 8.10. The summed E-state index contributed by atoms with van der Waals surface area (Å²) in [6.45, 7) is 2.11. The lowest BCUT2D eigenvalue weighted by Gasteiger charge is -2.24. The van der Waals surface area contributed by atoms with Crippen LogP contribution in [0.5, 0.6) is 0 Å². The Hall–Kier alpha value is -2.89. The van der Waals surface area contributed by atoms with E-state index >= 15 is 0 Å². The van der Waals surface area contributed by atoms with E-state index in [9.17, 15) is 5.26 Å². The summed E-state index contributed by atoms with van der Waals surface area (Å²) in [5, 5.41) is 13.2. The number of nitrogens with one attached hydrogen (secondary N) is 1. The largest absolute Gasteiger partial charge is 0.287 e. The second-order valence-corrected chi connectivity index (χ2v) is 5.84. The van der Waals surface area contributed by atoms with Gasteiger partial charge in [0.2, 0.25) is 0 Å². The first-order valence-corrected chi connectivity index (χ1v) is 8.10. The highest BCUT2D eigenvalue weighted by atomic mass is 15.0. The fourth-order valence-electron chi connectivity index (χ4n) is 2.94. The molecule has 2 nitrogen and oxygen atoms in total. The maximum Gasteiger partial charge on any atom is 0.122 e. The second kappa shape index (κ2) is 7.59. The van der Waals surface area contributed by atoms with E-state index in [4.69, 9.17) is 0 Å². The van der Waals surface area contributed by atoms with E-state index < -0.39 is 0 Å². The number of nitriles is 1. The third kappa shape index (κ3) is 3.53. The van der Waals surface area contributed by atoms with Crippen molar-refractivity contribution in [1.29, 1.82) is 5.26 Å². The van der Waals surface area contributed by atoms with Gasteiger partial charge in [-0.15, -0.1) is 0 Å². The van der Waals surface area contributed by atoms with Crippen molar-refractivity contribution in [3.8, 4) is 6.07 Å². The molecule has 118 valence electrons. The predicted molar refractivity (Wildman–Crippen MR) is 97.4 cm³/mol. The molecule has 0 aromatic heterocycles. The van der Waals surface area contributed by atoms with Gasteiger partial charge in [0.25, 0.3) is 0 Å². The predicted octanol–water partition coefficient (Wildman–Crippen LogP) is 4.94. The van der Waals surface area contributed by atoms with Crippen LogP contribution in [0, 0.1) is 18.3 Å². The SMILES string of the molecule is Cc1ccccc1C(NC(C#N)c1ccccc1)c1ccccc1. The van der Waals surface area contributed by atoms with Gasteiger partial charge in [0.1, 0.15) is 6.04 Å². The molecule has 0 heterocycles. The summed E-state index contributed by atoms with van der Waals surface area (Å²) in [6.07, 6.45) is 0. The van der Waals surface area contributed by atoms with E-state index in [1.165, 1.54) is 11.1 Å². The molecule has 0 aliphatic heterocycles. The van der Waals surface area contributed by atoms with Gasteiger partial charge in [-0.1, -0.05) is 84.9 Å². The zero-order valence-corrected chi connectivity index (χ0v) is 13.7. The van der Waals surface area contributed by atoms with Crippen LogP contribution >= 0.6 is 0 Å². The molecule has 2 atom stereocenters. The highest BCUT2D eigenvalue weighted by Crippen LogP contribution is 2.28. The molecule has 0 saturated heterocycles. The topological polar surface area (TPSA) is 35.8 Å². The average molecular weight is 312 g/mol. The van der Waals surface area contributed by atoms with E-state index in [2.05, 4.69) is 42.6 Å². The maximum atomic E-state index is 9.68. The van der Waals surface area contributed by atoms with Crippen LogP contribution in [0.1, 0.15) is 34.3 Å². The number of nitrogens with zero attached hydrogens (tertiary/aromatic N) is 1. The number of benzene rings is 3. The molecule has 0 bridgehead atoms. The van der Waals surface area contributed by atoms with Gasteiger partial charge in [0.05, 0.1) is 12.1 Å². The molecule has 0 saturated carbocycles. The zero-order chi connectivity index (χ0) is 16.8. The van der Waals surface area contributed by atoms with E-state index in [-0.39, 0.29) is 12.1 Å². The molecule has 3 aromatic carbocycles. The van der Waals surface area contributed by atoms with E-state index in [0.717, 1.165) is 11.1 Å². The molecular formula is C22H20N2. The molecule has 0 aliphatic carbocycles. The van der Waals surface area contributed by atoms with Crippen molar-refractivity contribution >= 4 is 0 Å². The number of hydrogen-bond acceptors (Lipinski definition) is 2. The summed E-state index contributed by atoms with van der Waals surface area (Å²) < 4.78 is 0.